The van der Waals surface area contributed by atoms with E-state index in [2.05, 4.69) is 15.5 Å². The molecule has 124 valence electrons. The Hall–Kier alpha value is -3.41. The summed E-state index contributed by atoms with van der Waals surface area (Å²) in [4.78, 5) is 21.6. The van der Waals surface area contributed by atoms with E-state index in [1.54, 1.807) is 18.3 Å². The van der Waals surface area contributed by atoms with Crippen LogP contribution < -0.4 is 5.32 Å². The van der Waals surface area contributed by atoms with E-state index in [4.69, 9.17) is 9.25 Å². The highest BCUT2D eigenvalue weighted by Crippen LogP contribution is 2.27. The Labute approximate surface area is 144 Å². The first kappa shape index (κ1) is 15.1. The molecule has 25 heavy (non-hydrogen) atoms. The lowest BCUT2D eigenvalue weighted by atomic mass is 10.0. The maximum absolute atomic E-state index is 12.4. The van der Waals surface area contributed by atoms with Crippen molar-refractivity contribution in [2.45, 2.75) is 12.5 Å². The molecule has 1 aromatic heterocycles. The van der Waals surface area contributed by atoms with Crippen LogP contribution in [0.25, 0.3) is 11.3 Å². The number of aromatic nitrogens is 1. The van der Waals surface area contributed by atoms with Crippen molar-refractivity contribution in [3.63, 3.8) is 0 Å². The van der Waals surface area contributed by atoms with Gasteiger partial charge in [-0.05, 0) is 29.8 Å². The Morgan fingerprint density at radius 2 is 1.88 bits per heavy atom. The molecule has 0 radical (unpaired) electrons. The second-order valence-electron chi connectivity index (χ2n) is 5.64. The summed E-state index contributed by atoms with van der Waals surface area (Å²) in [5.74, 6) is 0.419. The minimum atomic E-state index is -0.258. The van der Waals surface area contributed by atoms with E-state index in [1.807, 2.05) is 42.5 Å². The van der Waals surface area contributed by atoms with Crippen molar-refractivity contribution in [1.82, 2.24) is 4.98 Å². The normalized spacial score (nSPS) is 16.2. The summed E-state index contributed by atoms with van der Waals surface area (Å²) in [6, 6.07) is 17.1. The van der Waals surface area contributed by atoms with Crippen LogP contribution in [0.1, 0.15) is 18.1 Å². The van der Waals surface area contributed by atoms with Crippen molar-refractivity contribution in [1.29, 1.82) is 0 Å². The lowest BCUT2D eigenvalue weighted by Gasteiger charge is -2.07. The molecule has 1 atom stereocenters. The minimum Gasteiger partial charge on any atom is -0.444 e. The van der Waals surface area contributed by atoms with Crippen LogP contribution >= 0.6 is 0 Å². The van der Waals surface area contributed by atoms with Gasteiger partial charge in [0, 0.05) is 17.7 Å². The van der Waals surface area contributed by atoms with Crippen molar-refractivity contribution in [3.8, 4) is 11.3 Å². The molecular formula is C19H15N3O3. The highest BCUT2D eigenvalue weighted by molar-refractivity contribution is 6.43. The zero-order chi connectivity index (χ0) is 17.1. The van der Waals surface area contributed by atoms with Crippen LogP contribution in [0.5, 0.6) is 0 Å². The second-order valence-corrected chi connectivity index (χ2v) is 5.64. The van der Waals surface area contributed by atoms with Crippen molar-refractivity contribution < 1.29 is 14.0 Å². The number of benzene rings is 2. The number of oxazole rings is 1. The molecule has 1 N–H and O–H groups in total. The molecule has 3 aromatic rings. The number of nitrogens with one attached hydrogen (secondary N) is 1. The number of hydrogen-bond donors (Lipinski definition) is 1. The van der Waals surface area contributed by atoms with Crippen LogP contribution in [-0.4, -0.2) is 16.6 Å². The molecule has 6 nitrogen and oxygen atoms in total. The molecule has 0 unspecified atom stereocenters. The average molecular weight is 333 g/mol. The van der Waals surface area contributed by atoms with Gasteiger partial charge in [-0.25, -0.2) is 4.98 Å². The van der Waals surface area contributed by atoms with Crippen LogP contribution in [-0.2, 0) is 9.63 Å². The number of anilines is 1. The summed E-state index contributed by atoms with van der Waals surface area (Å²) in [7, 11) is 0. The van der Waals surface area contributed by atoms with Gasteiger partial charge in [-0.15, -0.1) is 0 Å². The van der Waals surface area contributed by atoms with E-state index in [0.717, 1.165) is 11.1 Å². The summed E-state index contributed by atoms with van der Waals surface area (Å²) >= 11 is 0. The summed E-state index contributed by atoms with van der Waals surface area (Å²) < 4.78 is 5.24. The predicted molar refractivity (Wildman–Crippen MR) is 92.9 cm³/mol. The fraction of sp³-hybridized carbons (Fsp3) is 0.105. The van der Waals surface area contributed by atoms with Gasteiger partial charge in [-0.1, -0.05) is 35.5 Å². The summed E-state index contributed by atoms with van der Waals surface area (Å²) in [6.07, 6.45) is 3.26. The van der Waals surface area contributed by atoms with Gasteiger partial charge < -0.3 is 14.6 Å². The van der Waals surface area contributed by atoms with Crippen molar-refractivity contribution in [3.05, 3.63) is 72.8 Å². The summed E-state index contributed by atoms with van der Waals surface area (Å²) in [5, 5.41) is 6.76. The molecule has 2 aromatic carbocycles. The Bertz CT molecular complexity index is 887. The maximum atomic E-state index is 12.4. The Morgan fingerprint density at radius 3 is 2.60 bits per heavy atom. The van der Waals surface area contributed by atoms with E-state index >= 15 is 0 Å². The minimum absolute atomic E-state index is 0.212. The van der Waals surface area contributed by atoms with Gasteiger partial charge in [0.2, 0.25) is 0 Å². The first-order valence-electron chi connectivity index (χ1n) is 7.87. The van der Waals surface area contributed by atoms with E-state index < -0.39 is 0 Å². The van der Waals surface area contributed by atoms with Crippen molar-refractivity contribution in [2.24, 2.45) is 5.16 Å². The van der Waals surface area contributed by atoms with Gasteiger partial charge in [-0.2, -0.15) is 0 Å². The lowest BCUT2D eigenvalue weighted by molar-refractivity contribution is -0.110. The Balaban J connectivity index is 1.39. The third-order valence-corrected chi connectivity index (χ3v) is 3.96. The summed E-state index contributed by atoms with van der Waals surface area (Å²) in [5.41, 5.74) is 2.96. The molecule has 0 spiro atoms. The van der Waals surface area contributed by atoms with E-state index in [9.17, 15) is 4.79 Å². The molecule has 0 saturated carbocycles. The topological polar surface area (TPSA) is 76.7 Å². The molecule has 6 heteroatoms. The lowest BCUT2D eigenvalue weighted by Crippen LogP contribution is -2.21. The van der Waals surface area contributed by atoms with Crippen LogP contribution in [0.2, 0.25) is 0 Å². The number of rotatable bonds is 4. The van der Waals surface area contributed by atoms with E-state index in [-0.39, 0.29) is 12.0 Å². The molecule has 0 fully saturated rings. The van der Waals surface area contributed by atoms with Gasteiger partial charge in [0.15, 0.2) is 18.3 Å². The predicted octanol–water partition coefficient (Wildman–Crippen LogP) is 3.80. The van der Waals surface area contributed by atoms with Crippen molar-refractivity contribution in [2.75, 3.05) is 5.32 Å². The monoisotopic (exact) mass is 333 g/mol. The number of carbonyl (C=O) groups excluding carboxylic acids is 1. The Morgan fingerprint density at radius 1 is 1.08 bits per heavy atom. The van der Waals surface area contributed by atoms with Gasteiger partial charge in [0.1, 0.15) is 5.71 Å². The smallest absolute Gasteiger partial charge is 0.273 e. The molecule has 0 saturated heterocycles. The second kappa shape index (κ2) is 6.60. The standard InChI is InChI=1S/C19H15N3O3/c23-19(16-10-17(25-22-16)13-4-2-1-3-5-13)21-15-8-6-14(7-9-15)18-11-20-12-24-18/h1-9,11-12,17H,10H2,(H,21,23)/t17-/m0/s1. The number of nitrogens with zero attached hydrogens (tertiary/aromatic N) is 2. The number of oxime groups is 1. The first-order valence-corrected chi connectivity index (χ1v) is 7.87. The molecule has 0 aliphatic carbocycles. The van der Waals surface area contributed by atoms with Crippen LogP contribution in [0, 0.1) is 0 Å². The molecule has 4 rings (SSSR count). The average Bonchev–Trinajstić information content (AvgIpc) is 3.35. The third kappa shape index (κ3) is 3.28. The number of amides is 1. The fourth-order valence-corrected chi connectivity index (χ4v) is 2.64. The fourth-order valence-electron chi connectivity index (χ4n) is 2.64. The zero-order valence-corrected chi connectivity index (χ0v) is 13.3. The van der Waals surface area contributed by atoms with Crippen LogP contribution in [0.3, 0.4) is 0 Å². The number of hydrogen-bond acceptors (Lipinski definition) is 5. The molecular weight excluding hydrogens is 318 g/mol. The quantitative estimate of drug-likeness (QED) is 0.788. The Kier molecular flexibility index (Phi) is 4.00. The zero-order valence-electron chi connectivity index (χ0n) is 13.3. The van der Waals surface area contributed by atoms with Crippen LogP contribution in [0.4, 0.5) is 5.69 Å². The molecule has 1 aliphatic rings. The third-order valence-electron chi connectivity index (χ3n) is 3.96. The van der Waals surface area contributed by atoms with Gasteiger partial charge in [0.25, 0.3) is 5.91 Å². The molecule has 0 bridgehead atoms. The summed E-state index contributed by atoms with van der Waals surface area (Å²) in [6.45, 7) is 0. The molecule has 1 amide bonds. The van der Waals surface area contributed by atoms with E-state index in [0.29, 0.717) is 23.6 Å². The highest BCUT2D eigenvalue weighted by atomic mass is 16.6. The van der Waals surface area contributed by atoms with Gasteiger partial charge in [-0.3, -0.25) is 4.79 Å². The maximum Gasteiger partial charge on any atom is 0.273 e. The highest BCUT2D eigenvalue weighted by Gasteiger charge is 2.27. The molecule has 1 aliphatic heterocycles. The first-order chi connectivity index (χ1) is 12.3. The SMILES string of the molecule is O=C(Nc1ccc(-c2cnco2)cc1)C1=NO[C@H](c2ccccc2)C1. The van der Waals surface area contributed by atoms with Gasteiger partial charge >= 0.3 is 0 Å². The van der Waals surface area contributed by atoms with Gasteiger partial charge in [0.05, 0.1) is 6.20 Å². The van der Waals surface area contributed by atoms with E-state index in [1.165, 1.54) is 6.39 Å². The molecule has 2 heterocycles. The number of carbonyl (C=O) groups is 1. The largest absolute Gasteiger partial charge is 0.444 e. The van der Waals surface area contributed by atoms with Crippen LogP contribution in [0.15, 0.2) is 76.8 Å². The van der Waals surface area contributed by atoms with Crippen molar-refractivity contribution >= 4 is 17.3 Å².